The van der Waals surface area contributed by atoms with Gasteiger partial charge in [-0.25, -0.2) is 0 Å². The normalized spacial score (nSPS) is 30.8. The summed E-state index contributed by atoms with van der Waals surface area (Å²) in [5.41, 5.74) is 0.539. The molecule has 4 rings (SSSR count). The van der Waals surface area contributed by atoms with Crippen LogP contribution >= 0.6 is 0 Å². The van der Waals surface area contributed by atoms with E-state index >= 15 is 0 Å². The minimum atomic E-state index is -0.231. The van der Waals surface area contributed by atoms with E-state index in [0.29, 0.717) is 6.10 Å². The van der Waals surface area contributed by atoms with Crippen molar-refractivity contribution in [1.82, 2.24) is 9.47 Å². The Balaban J connectivity index is 1.43. The number of aryl methyl sites for hydroxylation is 1. The molecule has 1 aromatic rings. The van der Waals surface area contributed by atoms with Crippen LogP contribution in [0.15, 0.2) is 23.1 Å². The van der Waals surface area contributed by atoms with Gasteiger partial charge < -0.3 is 14.2 Å². The summed E-state index contributed by atoms with van der Waals surface area (Å²) in [6.07, 6.45) is 6.43. The Morgan fingerprint density at radius 3 is 2.83 bits per heavy atom. The zero-order chi connectivity index (χ0) is 16.7. The Hall–Kier alpha value is -1.66. The fourth-order valence-electron chi connectivity index (χ4n) is 4.35. The van der Waals surface area contributed by atoms with E-state index < -0.39 is 0 Å². The third-order valence-corrected chi connectivity index (χ3v) is 5.68. The van der Waals surface area contributed by atoms with E-state index in [0.717, 1.165) is 64.2 Å². The van der Waals surface area contributed by atoms with Crippen molar-refractivity contribution < 1.29 is 9.53 Å². The monoisotopic (exact) mass is 331 g/mol. The van der Waals surface area contributed by atoms with E-state index in [1.165, 1.54) is 10.6 Å². The number of amides is 1. The molecule has 3 saturated heterocycles. The molecule has 0 radical (unpaired) electrons. The van der Waals surface area contributed by atoms with Crippen LogP contribution in [0.4, 0.5) is 5.69 Å². The fraction of sp³-hybridized carbons (Fsp3) is 0.667. The molecule has 0 bridgehead atoms. The summed E-state index contributed by atoms with van der Waals surface area (Å²) >= 11 is 0. The number of ether oxygens (including phenoxy) is 1. The summed E-state index contributed by atoms with van der Waals surface area (Å²) in [7, 11) is 1.72. The van der Waals surface area contributed by atoms with Crippen molar-refractivity contribution in [2.24, 2.45) is 12.5 Å². The highest BCUT2D eigenvalue weighted by Gasteiger charge is 2.54. The highest BCUT2D eigenvalue weighted by Crippen LogP contribution is 2.42. The van der Waals surface area contributed by atoms with Gasteiger partial charge >= 0.3 is 0 Å². The van der Waals surface area contributed by atoms with Crippen molar-refractivity contribution in [1.29, 1.82) is 0 Å². The first kappa shape index (κ1) is 15.8. The smallest absolute Gasteiger partial charge is 0.250 e. The molecule has 0 saturated carbocycles. The lowest BCUT2D eigenvalue weighted by Gasteiger charge is -2.53. The number of carbonyl (C=O) groups is 1. The topological polar surface area (TPSA) is 54.8 Å². The van der Waals surface area contributed by atoms with Crippen LogP contribution in [-0.2, 0) is 16.6 Å². The van der Waals surface area contributed by atoms with Gasteiger partial charge in [0.15, 0.2) is 0 Å². The number of nitrogens with zero attached hydrogens (tertiary/aromatic N) is 3. The molecule has 1 spiro atoms. The van der Waals surface area contributed by atoms with Gasteiger partial charge in [0.2, 0.25) is 11.5 Å². The van der Waals surface area contributed by atoms with Gasteiger partial charge in [-0.3, -0.25) is 14.5 Å². The van der Waals surface area contributed by atoms with Crippen LogP contribution in [0.25, 0.3) is 0 Å². The van der Waals surface area contributed by atoms with E-state index in [9.17, 15) is 9.59 Å². The predicted molar refractivity (Wildman–Crippen MR) is 91.1 cm³/mol. The third-order valence-electron chi connectivity index (χ3n) is 5.68. The molecular weight excluding hydrogens is 306 g/mol. The quantitative estimate of drug-likeness (QED) is 0.775. The van der Waals surface area contributed by atoms with Gasteiger partial charge in [-0.2, -0.15) is 0 Å². The zero-order valence-corrected chi connectivity index (χ0v) is 14.2. The molecule has 130 valence electrons. The predicted octanol–water partition coefficient (Wildman–Crippen LogP) is 0.993. The van der Waals surface area contributed by atoms with Gasteiger partial charge in [-0.05, 0) is 38.3 Å². The van der Waals surface area contributed by atoms with E-state index in [1.807, 2.05) is 4.90 Å². The molecule has 0 aromatic carbocycles. The lowest BCUT2D eigenvalue weighted by atomic mass is 9.72. The van der Waals surface area contributed by atoms with Crippen LogP contribution < -0.4 is 10.5 Å². The molecular formula is C18H25N3O3. The molecule has 3 aliphatic rings. The van der Waals surface area contributed by atoms with Crippen molar-refractivity contribution in [3.05, 3.63) is 28.7 Å². The van der Waals surface area contributed by atoms with Crippen LogP contribution in [0.5, 0.6) is 0 Å². The van der Waals surface area contributed by atoms with Crippen LogP contribution in [-0.4, -0.2) is 54.3 Å². The highest BCUT2D eigenvalue weighted by atomic mass is 16.5. The summed E-state index contributed by atoms with van der Waals surface area (Å²) < 4.78 is 7.27. The van der Waals surface area contributed by atoms with Gasteiger partial charge in [0.05, 0.1) is 17.2 Å². The van der Waals surface area contributed by atoms with Gasteiger partial charge in [0.1, 0.15) is 0 Å². The summed E-state index contributed by atoms with van der Waals surface area (Å²) in [5.74, 6) is 0.207. The lowest BCUT2D eigenvalue weighted by molar-refractivity contribution is -0.139. The van der Waals surface area contributed by atoms with Crippen molar-refractivity contribution in [2.75, 3.05) is 37.7 Å². The minimum Gasteiger partial charge on any atom is -0.377 e. The number of hydrogen-bond acceptors (Lipinski definition) is 4. The molecule has 0 N–H and O–H groups in total. The van der Waals surface area contributed by atoms with Gasteiger partial charge in [-0.15, -0.1) is 0 Å². The molecule has 1 amide bonds. The number of carbonyl (C=O) groups excluding carboxylic acids is 1. The third kappa shape index (κ3) is 2.67. The minimum absolute atomic E-state index is 0.0539. The van der Waals surface area contributed by atoms with Crippen molar-refractivity contribution in [2.45, 2.75) is 31.8 Å². The number of rotatable bonds is 3. The Morgan fingerprint density at radius 2 is 2.12 bits per heavy atom. The summed E-state index contributed by atoms with van der Waals surface area (Å²) in [6.45, 7) is 4.49. The van der Waals surface area contributed by atoms with Crippen molar-refractivity contribution in [3.63, 3.8) is 0 Å². The Bertz CT molecular complexity index is 695. The first-order valence-corrected chi connectivity index (χ1v) is 8.90. The molecule has 6 heteroatoms. The molecule has 1 aromatic heterocycles. The average molecular weight is 331 g/mol. The van der Waals surface area contributed by atoms with Gasteiger partial charge in [0.25, 0.3) is 0 Å². The van der Waals surface area contributed by atoms with Crippen LogP contribution in [0.3, 0.4) is 0 Å². The number of likely N-dealkylation sites (tertiary alicyclic amines) is 1. The van der Waals surface area contributed by atoms with Crippen molar-refractivity contribution >= 4 is 11.6 Å². The van der Waals surface area contributed by atoms with Gasteiger partial charge in [-0.1, -0.05) is 0 Å². The summed E-state index contributed by atoms with van der Waals surface area (Å²) in [6, 6.07) is 3.28. The van der Waals surface area contributed by atoms with Crippen molar-refractivity contribution in [3.8, 4) is 0 Å². The molecule has 0 aliphatic carbocycles. The maximum atomic E-state index is 12.9. The second kappa shape index (κ2) is 6.01. The molecule has 6 nitrogen and oxygen atoms in total. The Morgan fingerprint density at radius 1 is 1.25 bits per heavy atom. The average Bonchev–Trinajstić information content (AvgIpc) is 3.08. The second-order valence-electron chi connectivity index (χ2n) is 7.48. The number of β-lactam (4-membered cyclic amide) rings is 1. The standard InChI is InChI=1S/C18H25N3O3/c1-19-10-14(5-6-16(19)22)21-13-18(17(21)23)7-3-8-20(12-18)11-15-4-2-9-24-15/h5-6,10,15H,2-4,7-9,11-13H2,1H3/t15-,18+/m0/s1. The maximum absolute atomic E-state index is 12.9. The molecule has 3 fully saturated rings. The van der Waals surface area contributed by atoms with E-state index in [1.54, 1.807) is 19.3 Å². The fourth-order valence-corrected chi connectivity index (χ4v) is 4.35. The van der Waals surface area contributed by atoms with E-state index in [2.05, 4.69) is 4.90 Å². The number of piperidine rings is 1. The van der Waals surface area contributed by atoms with E-state index in [-0.39, 0.29) is 16.9 Å². The largest absolute Gasteiger partial charge is 0.377 e. The number of hydrogen-bond donors (Lipinski definition) is 0. The lowest BCUT2D eigenvalue weighted by Crippen LogP contribution is -2.67. The summed E-state index contributed by atoms with van der Waals surface area (Å²) in [5, 5.41) is 0. The number of aromatic nitrogens is 1. The molecule has 24 heavy (non-hydrogen) atoms. The van der Waals surface area contributed by atoms with Crippen LogP contribution in [0, 0.1) is 5.41 Å². The first-order valence-electron chi connectivity index (χ1n) is 8.90. The maximum Gasteiger partial charge on any atom is 0.250 e. The SMILES string of the molecule is Cn1cc(N2C[C@]3(CCCN(C[C@@H]4CCCO4)C3)C2=O)ccc1=O. The van der Waals surface area contributed by atoms with Crippen LogP contribution in [0.1, 0.15) is 25.7 Å². The Kier molecular flexibility index (Phi) is 3.96. The first-order chi connectivity index (χ1) is 11.6. The Labute approximate surface area is 142 Å². The van der Waals surface area contributed by atoms with Gasteiger partial charge in [0, 0.05) is 45.6 Å². The summed E-state index contributed by atoms with van der Waals surface area (Å²) in [4.78, 5) is 28.7. The molecule has 2 atom stereocenters. The number of pyridine rings is 1. The van der Waals surface area contributed by atoms with E-state index in [4.69, 9.17) is 4.74 Å². The molecule has 0 unspecified atom stereocenters. The molecule has 3 aliphatic heterocycles. The highest BCUT2D eigenvalue weighted by molar-refractivity contribution is 6.04. The zero-order valence-electron chi connectivity index (χ0n) is 14.2. The van der Waals surface area contributed by atoms with Crippen LogP contribution in [0.2, 0.25) is 0 Å². The molecule has 4 heterocycles. The second-order valence-corrected chi connectivity index (χ2v) is 7.48. The number of anilines is 1.